The van der Waals surface area contributed by atoms with Gasteiger partial charge in [0.25, 0.3) is 0 Å². The van der Waals surface area contributed by atoms with Crippen molar-refractivity contribution in [1.29, 1.82) is 0 Å². The van der Waals surface area contributed by atoms with E-state index in [4.69, 9.17) is 21.8 Å². The molecule has 7 unspecified atom stereocenters. The average Bonchev–Trinajstić information content (AvgIpc) is 3.40. The zero-order chi connectivity index (χ0) is 38.6. The lowest BCUT2D eigenvalue weighted by Gasteiger charge is -2.37. The Morgan fingerprint density at radius 2 is 1.40 bits per heavy atom. The van der Waals surface area contributed by atoms with Crippen LogP contribution in [-0.2, 0) is 14.4 Å². The summed E-state index contributed by atoms with van der Waals surface area (Å²) in [7, 11) is 0.147. The van der Waals surface area contributed by atoms with E-state index >= 15 is 0 Å². The molecule has 1 saturated heterocycles. The highest BCUT2D eigenvalue weighted by Crippen LogP contribution is 2.44. The Morgan fingerprint density at radius 1 is 0.860 bits per heavy atom. The Hall–Kier alpha value is 0.710. The van der Waals surface area contributed by atoms with Gasteiger partial charge in [-0.3, -0.25) is 25.0 Å². The number of hydrogen-bond donors (Lipinski definition) is 9. The van der Waals surface area contributed by atoms with E-state index in [1.165, 1.54) is 56.7 Å². The third-order valence-corrected chi connectivity index (χ3v) is 11.7. The Bertz CT molecular complexity index is 894. The molecule has 2 amide bonds. The number of carbonyl (C=O) groups excluding carboxylic acids is 3. The van der Waals surface area contributed by atoms with E-state index in [9.17, 15) is 14.4 Å². The topological polar surface area (TPSA) is 174 Å². The first kappa shape index (κ1) is 52.8. The van der Waals surface area contributed by atoms with Crippen LogP contribution in [0.3, 0.4) is 0 Å². The fourth-order valence-electron chi connectivity index (χ4n) is 6.81. The van der Waals surface area contributed by atoms with Gasteiger partial charge in [0.1, 0.15) is 6.23 Å². The first-order valence-electron chi connectivity index (χ1n) is 18.4. The zero-order valence-corrected chi connectivity index (χ0v) is 37.5. The molecule has 1 aliphatic rings. The number of thiol groups is 3. The monoisotopic (exact) mass is 819 g/mol. The number of thioether (sulfide) groups is 1. The first-order valence-corrected chi connectivity index (χ1v) is 23.5. The number of amides is 2. The minimum atomic E-state index is -0.465. The van der Waals surface area contributed by atoms with Crippen LogP contribution in [0.2, 0.25) is 0 Å². The van der Waals surface area contributed by atoms with E-state index in [0.29, 0.717) is 10.9 Å². The Balaban J connectivity index is 0. The summed E-state index contributed by atoms with van der Waals surface area (Å²) in [6, 6.07) is 0. The number of rotatable bonds is 26. The second kappa shape index (κ2) is 32.0. The van der Waals surface area contributed by atoms with Crippen LogP contribution in [0.1, 0.15) is 138 Å². The van der Waals surface area contributed by atoms with Crippen molar-refractivity contribution in [2.75, 3.05) is 23.0 Å². The molecule has 0 aromatic carbocycles. The molecule has 0 spiro atoms. The number of aliphatic hydroxyl groups excluding tert-OH is 1. The van der Waals surface area contributed by atoms with Crippen molar-refractivity contribution in [3.63, 3.8) is 0 Å². The Kier molecular flexibility index (Phi) is 33.8. The smallest absolute Gasteiger partial charge is 0.227 e. The SMILES string of the molecule is CC(C)(CC(CCS)C(N)=O)CC(C)(C)CC1CCSC1=O.CC(CCS)CCCCCCCCC(CCS)C(=O)NPN.CC(O)NPN. The van der Waals surface area contributed by atoms with Gasteiger partial charge < -0.3 is 21.4 Å². The molecule has 1 fully saturated rings. The van der Waals surface area contributed by atoms with E-state index < -0.39 is 6.23 Å². The third kappa shape index (κ3) is 30.1. The molecule has 9 N–H and O–H groups in total. The van der Waals surface area contributed by atoms with Crippen molar-refractivity contribution >= 4 is 84.3 Å². The molecule has 0 saturated carbocycles. The summed E-state index contributed by atoms with van der Waals surface area (Å²) in [6.45, 7) is 12.8. The van der Waals surface area contributed by atoms with Crippen LogP contribution in [0.15, 0.2) is 0 Å². The molecular weight excluding hydrogens is 745 g/mol. The van der Waals surface area contributed by atoms with E-state index in [-0.39, 0.29) is 58.2 Å². The van der Waals surface area contributed by atoms with Gasteiger partial charge in [-0.05, 0) is 92.3 Å². The molecule has 0 aromatic rings. The van der Waals surface area contributed by atoms with Gasteiger partial charge in [-0.2, -0.15) is 37.9 Å². The van der Waals surface area contributed by atoms with Gasteiger partial charge in [-0.15, -0.1) is 0 Å². The molecule has 1 heterocycles. The lowest BCUT2D eigenvalue weighted by Crippen LogP contribution is -2.32. The van der Waals surface area contributed by atoms with Gasteiger partial charge in [0.05, 0.1) is 0 Å². The van der Waals surface area contributed by atoms with Gasteiger partial charge in [0.15, 0.2) is 5.12 Å². The normalized spacial score (nSPS) is 17.6. The molecule has 7 atom stereocenters. The predicted molar refractivity (Wildman–Crippen MR) is 233 cm³/mol. The van der Waals surface area contributed by atoms with Crippen LogP contribution in [-0.4, -0.2) is 51.3 Å². The highest BCUT2D eigenvalue weighted by atomic mass is 32.2. The highest BCUT2D eigenvalue weighted by molar-refractivity contribution is 8.14. The van der Waals surface area contributed by atoms with E-state index in [2.05, 4.69) is 82.7 Å². The number of hydrogen-bond acceptors (Lipinski definition) is 11. The summed E-state index contributed by atoms with van der Waals surface area (Å²) in [5.74, 6) is 4.32. The summed E-state index contributed by atoms with van der Waals surface area (Å²) in [5.41, 5.74) is 16.0. The molecule has 0 radical (unpaired) electrons. The zero-order valence-electron chi connectivity index (χ0n) is 32.0. The molecule has 0 aromatic heterocycles. The van der Waals surface area contributed by atoms with E-state index in [1.807, 2.05) is 0 Å². The molecule has 50 heavy (non-hydrogen) atoms. The maximum atomic E-state index is 11.9. The number of primary amides is 1. The summed E-state index contributed by atoms with van der Waals surface area (Å²) in [5, 5.41) is 14.0. The molecule has 15 heteroatoms. The minimum Gasteiger partial charge on any atom is -0.379 e. The lowest BCUT2D eigenvalue weighted by atomic mass is 9.67. The maximum absolute atomic E-state index is 11.9. The molecule has 298 valence electrons. The van der Waals surface area contributed by atoms with Crippen LogP contribution >= 0.6 is 67.4 Å². The second-order valence-corrected chi connectivity index (χ2v) is 18.9. The first-order chi connectivity index (χ1) is 23.5. The van der Waals surface area contributed by atoms with Crippen LogP contribution in [0, 0.1) is 34.5 Å². The van der Waals surface area contributed by atoms with Gasteiger partial charge in [0, 0.05) is 41.3 Å². The van der Waals surface area contributed by atoms with Crippen LogP contribution < -0.4 is 26.9 Å². The molecular formula is C35H75N5O4P2S4. The number of nitrogens with one attached hydrogen (secondary N) is 2. The second-order valence-electron chi connectivity index (χ2n) is 15.3. The molecule has 1 aliphatic heterocycles. The number of nitrogens with two attached hydrogens (primary N) is 3. The van der Waals surface area contributed by atoms with Crippen molar-refractivity contribution in [3.05, 3.63) is 0 Å². The molecule has 9 nitrogen and oxygen atoms in total. The molecule has 1 rings (SSSR count). The highest BCUT2D eigenvalue weighted by Gasteiger charge is 2.36. The van der Waals surface area contributed by atoms with Crippen LogP contribution in [0.4, 0.5) is 0 Å². The van der Waals surface area contributed by atoms with Gasteiger partial charge >= 0.3 is 0 Å². The number of aliphatic hydroxyl groups is 1. The van der Waals surface area contributed by atoms with Crippen molar-refractivity contribution < 1.29 is 19.5 Å². The summed E-state index contributed by atoms with van der Waals surface area (Å²) in [6.07, 6.45) is 16.1. The minimum absolute atomic E-state index is 0.00858. The summed E-state index contributed by atoms with van der Waals surface area (Å²) in [4.78, 5) is 35.3. The van der Waals surface area contributed by atoms with Crippen molar-refractivity contribution in [2.45, 2.75) is 144 Å². The largest absolute Gasteiger partial charge is 0.379 e. The third-order valence-electron chi connectivity index (χ3n) is 8.94. The van der Waals surface area contributed by atoms with E-state index in [0.717, 1.165) is 74.5 Å². The van der Waals surface area contributed by atoms with Gasteiger partial charge in [-0.1, -0.05) is 91.3 Å². The lowest BCUT2D eigenvalue weighted by molar-refractivity contribution is -0.124. The Morgan fingerprint density at radius 3 is 1.84 bits per heavy atom. The molecule has 0 bridgehead atoms. The number of carbonyl (C=O) groups is 3. The van der Waals surface area contributed by atoms with Crippen molar-refractivity contribution in [1.82, 2.24) is 10.2 Å². The molecule has 0 aliphatic carbocycles. The van der Waals surface area contributed by atoms with Crippen molar-refractivity contribution in [3.8, 4) is 0 Å². The van der Waals surface area contributed by atoms with Crippen molar-refractivity contribution in [2.24, 2.45) is 51.2 Å². The standard InChI is InChI=1S/C17H31NO2S2.C16H35N2OPS2.C2H9N2OP/c1-16(2,9-12(5-7-21)14(18)19)11-17(3,4)10-13-6-8-22-15(13)20;1-14(10-12-21)8-6-4-2-3-5-7-9-15(11-13-22)16(19)18-20-17;1-2(5)4-6-3/h12-13,21H,5-11H2,1-4H3,(H2,18,19);14-15,20-22H,2-13,17H2,1H3,(H,18,19);2,4-6H,3H2,1H3. The maximum Gasteiger partial charge on any atom is 0.227 e. The van der Waals surface area contributed by atoms with Crippen LogP contribution in [0.5, 0.6) is 0 Å². The number of unbranched alkanes of at least 4 members (excludes halogenated alkanes) is 5. The van der Waals surface area contributed by atoms with Gasteiger partial charge in [0.2, 0.25) is 11.8 Å². The van der Waals surface area contributed by atoms with Gasteiger partial charge in [-0.25, -0.2) is 0 Å². The summed E-state index contributed by atoms with van der Waals surface area (Å²) >= 11 is 14.2. The fraction of sp³-hybridized carbons (Fsp3) is 0.914. The Labute approximate surface area is 330 Å². The van der Waals surface area contributed by atoms with Crippen LogP contribution in [0.25, 0.3) is 0 Å². The summed E-state index contributed by atoms with van der Waals surface area (Å²) < 4.78 is 0. The fourth-order valence-corrected chi connectivity index (χ4v) is 9.50. The average molecular weight is 820 g/mol. The predicted octanol–water partition coefficient (Wildman–Crippen LogP) is 7.87. The van der Waals surface area contributed by atoms with E-state index in [1.54, 1.807) is 6.92 Å². The quantitative estimate of drug-likeness (QED) is 0.0184.